The molecule has 14 heavy (non-hydrogen) atoms. The van der Waals surface area contributed by atoms with E-state index in [-0.39, 0.29) is 0 Å². The van der Waals surface area contributed by atoms with Crippen LogP contribution in [0.4, 0.5) is 0 Å². The molecule has 0 aromatic carbocycles. The van der Waals surface area contributed by atoms with Gasteiger partial charge >= 0.3 is 7.60 Å². The van der Waals surface area contributed by atoms with Gasteiger partial charge in [-0.3, -0.25) is 9.46 Å². The first kappa shape index (κ1) is 12.2. The highest BCUT2D eigenvalue weighted by molar-refractivity contribution is 7.53. The Kier molecular flexibility index (Phi) is 5.10. The zero-order valence-electron chi connectivity index (χ0n) is 9.07. The summed E-state index contributed by atoms with van der Waals surface area (Å²) < 4.78 is 22.5. The second kappa shape index (κ2) is 5.86. The van der Waals surface area contributed by atoms with Gasteiger partial charge in [-0.1, -0.05) is 0 Å². The van der Waals surface area contributed by atoms with Crippen LogP contribution in [0.3, 0.4) is 0 Å². The molecule has 0 N–H and O–H groups in total. The van der Waals surface area contributed by atoms with E-state index in [1.807, 2.05) is 13.8 Å². The SMILES string of the molecule is CCOP(=O)(CN1CCCC1)OCC. The van der Waals surface area contributed by atoms with E-state index in [1.54, 1.807) is 0 Å². The molecule has 0 aromatic rings. The fourth-order valence-electron chi connectivity index (χ4n) is 1.68. The minimum absolute atomic E-state index is 0.450. The quantitative estimate of drug-likeness (QED) is 0.645. The molecule has 1 fully saturated rings. The van der Waals surface area contributed by atoms with Crippen LogP contribution >= 0.6 is 7.60 Å². The molecule has 1 aliphatic rings. The number of nitrogens with zero attached hydrogens (tertiary/aromatic N) is 1. The molecule has 0 bridgehead atoms. The maximum Gasteiger partial charge on any atom is 0.344 e. The van der Waals surface area contributed by atoms with Crippen molar-refractivity contribution in [1.29, 1.82) is 0 Å². The highest BCUT2D eigenvalue weighted by Gasteiger charge is 2.28. The van der Waals surface area contributed by atoms with Crippen molar-refractivity contribution >= 4 is 7.60 Å². The summed E-state index contributed by atoms with van der Waals surface area (Å²) in [6, 6.07) is 0. The molecule has 1 rings (SSSR count). The lowest BCUT2D eigenvalue weighted by molar-refractivity contribution is 0.203. The second-order valence-electron chi connectivity index (χ2n) is 3.41. The summed E-state index contributed by atoms with van der Waals surface area (Å²) in [6.45, 7) is 6.62. The number of hydrogen-bond acceptors (Lipinski definition) is 4. The van der Waals surface area contributed by atoms with Crippen LogP contribution in [-0.2, 0) is 13.6 Å². The van der Waals surface area contributed by atoms with E-state index in [1.165, 1.54) is 12.8 Å². The molecule has 0 saturated carbocycles. The van der Waals surface area contributed by atoms with E-state index in [4.69, 9.17) is 9.05 Å². The molecule has 84 valence electrons. The molecule has 1 saturated heterocycles. The summed E-state index contributed by atoms with van der Waals surface area (Å²) in [7, 11) is -2.84. The van der Waals surface area contributed by atoms with Gasteiger partial charge in [-0.05, 0) is 39.8 Å². The first-order chi connectivity index (χ1) is 6.70. The van der Waals surface area contributed by atoms with Gasteiger partial charge in [0, 0.05) is 0 Å². The van der Waals surface area contributed by atoms with Gasteiger partial charge in [-0.2, -0.15) is 0 Å². The molecule has 0 atom stereocenters. The van der Waals surface area contributed by atoms with Gasteiger partial charge in [-0.25, -0.2) is 0 Å². The fourth-order valence-corrected chi connectivity index (χ4v) is 3.48. The topological polar surface area (TPSA) is 38.8 Å². The summed E-state index contributed by atoms with van der Waals surface area (Å²) in [6.07, 6.45) is 2.84. The van der Waals surface area contributed by atoms with Crippen LogP contribution in [0.15, 0.2) is 0 Å². The third-order valence-corrected chi connectivity index (χ3v) is 4.27. The van der Waals surface area contributed by atoms with Gasteiger partial charge < -0.3 is 9.05 Å². The highest BCUT2D eigenvalue weighted by Crippen LogP contribution is 2.48. The number of likely N-dealkylation sites (tertiary alicyclic amines) is 1. The highest BCUT2D eigenvalue weighted by atomic mass is 31.2. The van der Waals surface area contributed by atoms with Crippen LogP contribution < -0.4 is 0 Å². The van der Waals surface area contributed by atoms with Gasteiger partial charge in [0.15, 0.2) is 0 Å². The predicted molar refractivity (Wildman–Crippen MR) is 56.5 cm³/mol. The first-order valence-electron chi connectivity index (χ1n) is 5.30. The van der Waals surface area contributed by atoms with E-state index in [2.05, 4.69) is 4.90 Å². The van der Waals surface area contributed by atoms with Crippen molar-refractivity contribution < 1.29 is 13.6 Å². The van der Waals surface area contributed by atoms with Gasteiger partial charge in [0.25, 0.3) is 0 Å². The molecular weight excluding hydrogens is 201 g/mol. The van der Waals surface area contributed by atoms with Crippen molar-refractivity contribution in [1.82, 2.24) is 4.90 Å². The molecule has 0 aliphatic carbocycles. The van der Waals surface area contributed by atoms with Crippen molar-refractivity contribution in [2.45, 2.75) is 26.7 Å². The van der Waals surface area contributed by atoms with Gasteiger partial charge in [0.1, 0.15) is 6.29 Å². The second-order valence-corrected chi connectivity index (χ2v) is 5.43. The van der Waals surface area contributed by atoms with Crippen LogP contribution in [0.5, 0.6) is 0 Å². The maximum absolute atomic E-state index is 12.1. The summed E-state index contributed by atoms with van der Waals surface area (Å²) in [5.41, 5.74) is 0. The van der Waals surface area contributed by atoms with E-state index >= 15 is 0 Å². The number of hydrogen-bond donors (Lipinski definition) is 0. The summed E-state index contributed by atoms with van der Waals surface area (Å²) in [5, 5.41) is 0. The largest absolute Gasteiger partial charge is 0.344 e. The Balaban J connectivity index is 2.44. The lowest BCUT2D eigenvalue weighted by Gasteiger charge is -2.22. The molecule has 0 unspecified atom stereocenters. The van der Waals surface area contributed by atoms with E-state index < -0.39 is 7.60 Å². The Labute approximate surface area is 86.1 Å². The smallest absolute Gasteiger partial charge is 0.308 e. The lowest BCUT2D eigenvalue weighted by Crippen LogP contribution is -2.22. The summed E-state index contributed by atoms with van der Waals surface area (Å²) in [5.74, 6) is 0. The van der Waals surface area contributed by atoms with Crippen LogP contribution in [-0.4, -0.2) is 37.5 Å². The van der Waals surface area contributed by atoms with Crippen molar-refractivity contribution in [3.63, 3.8) is 0 Å². The van der Waals surface area contributed by atoms with Crippen LogP contribution in [0.2, 0.25) is 0 Å². The monoisotopic (exact) mass is 221 g/mol. The van der Waals surface area contributed by atoms with Gasteiger partial charge in [-0.15, -0.1) is 0 Å². The van der Waals surface area contributed by atoms with E-state index in [9.17, 15) is 4.57 Å². The summed E-state index contributed by atoms with van der Waals surface area (Å²) in [4.78, 5) is 2.16. The third-order valence-electron chi connectivity index (χ3n) is 2.22. The van der Waals surface area contributed by atoms with Crippen LogP contribution in [0.1, 0.15) is 26.7 Å². The molecular formula is C9H20NO3P. The van der Waals surface area contributed by atoms with Crippen molar-refractivity contribution in [3.05, 3.63) is 0 Å². The lowest BCUT2D eigenvalue weighted by atomic mass is 10.4. The Hall–Kier alpha value is 0.110. The predicted octanol–water partition coefficient (Wildman–Crippen LogP) is 2.31. The Morgan fingerprint density at radius 2 is 1.64 bits per heavy atom. The standard InChI is InChI=1S/C9H20NO3P/c1-3-12-14(11,13-4-2)9-10-7-5-6-8-10/h3-9H2,1-2H3. The molecule has 1 aliphatic heterocycles. The van der Waals surface area contributed by atoms with Gasteiger partial charge in [0.2, 0.25) is 0 Å². The molecule has 0 aromatic heterocycles. The van der Waals surface area contributed by atoms with Crippen molar-refractivity contribution in [2.75, 3.05) is 32.6 Å². The zero-order chi connectivity index (χ0) is 10.4. The van der Waals surface area contributed by atoms with Crippen molar-refractivity contribution in [3.8, 4) is 0 Å². The first-order valence-corrected chi connectivity index (χ1v) is 7.03. The minimum Gasteiger partial charge on any atom is -0.308 e. The number of rotatable bonds is 6. The molecule has 5 heteroatoms. The molecule has 1 heterocycles. The summed E-state index contributed by atoms with van der Waals surface area (Å²) >= 11 is 0. The van der Waals surface area contributed by atoms with Crippen LogP contribution in [0, 0.1) is 0 Å². The Morgan fingerprint density at radius 3 is 2.07 bits per heavy atom. The molecule has 4 nitrogen and oxygen atoms in total. The Morgan fingerprint density at radius 1 is 1.14 bits per heavy atom. The van der Waals surface area contributed by atoms with E-state index in [0.29, 0.717) is 19.5 Å². The maximum atomic E-state index is 12.1. The minimum atomic E-state index is -2.84. The zero-order valence-corrected chi connectivity index (χ0v) is 9.96. The average Bonchev–Trinajstić information content (AvgIpc) is 2.57. The normalized spacial score (nSPS) is 19.0. The van der Waals surface area contributed by atoms with Crippen LogP contribution in [0.25, 0.3) is 0 Å². The average molecular weight is 221 g/mol. The van der Waals surface area contributed by atoms with E-state index in [0.717, 1.165) is 13.1 Å². The van der Waals surface area contributed by atoms with Gasteiger partial charge in [0.05, 0.1) is 13.2 Å². The fraction of sp³-hybridized carbons (Fsp3) is 1.00. The van der Waals surface area contributed by atoms with Crippen molar-refractivity contribution in [2.24, 2.45) is 0 Å². The molecule has 0 spiro atoms. The molecule has 0 amide bonds. The Bertz CT molecular complexity index is 194. The third kappa shape index (κ3) is 3.70. The molecule has 0 radical (unpaired) electrons.